The number of hydrogen-bond donors (Lipinski definition) is 1. The summed E-state index contributed by atoms with van der Waals surface area (Å²) < 4.78 is 0. The molecule has 2 heteroatoms. The van der Waals surface area contributed by atoms with Crippen molar-refractivity contribution < 1.29 is 0 Å². The average molecular weight is 361 g/mol. The molecule has 0 spiro atoms. The summed E-state index contributed by atoms with van der Waals surface area (Å²) in [5, 5.41) is 3.52. The van der Waals surface area contributed by atoms with Crippen LogP contribution in [-0.4, -0.2) is 31.1 Å². The van der Waals surface area contributed by atoms with E-state index in [1.165, 1.54) is 36.8 Å². The minimum atomic E-state index is -0.0723. The summed E-state index contributed by atoms with van der Waals surface area (Å²) in [6, 6.07) is 19.9. The second kappa shape index (κ2) is 8.41. The molecule has 1 atom stereocenters. The maximum Gasteiger partial charge on any atom is 0.0623 e. The molecule has 2 aliphatic rings. The smallest absolute Gasteiger partial charge is 0.0623 e. The Kier molecular flexibility index (Phi) is 5.75. The Bertz CT molecular complexity index is 755. The van der Waals surface area contributed by atoms with E-state index >= 15 is 0 Å². The minimum Gasteiger partial charge on any atom is -0.314 e. The van der Waals surface area contributed by atoms with Gasteiger partial charge in [0.25, 0.3) is 0 Å². The highest BCUT2D eigenvalue weighted by Gasteiger charge is 2.35. The average Bonchev–Trinajstić information content (AvgIpc) is 3.28. The molecule has 1 saturated carbocycles. The zero-order valence-electron chi connectivity index (χ0n) is 16.5. The molecule has 0 radical (unpaired) electrons. The van der Waals surface area contributed by atoms with Gasteiger partial charge in [-0.25, -0.2) is 0 Å². The number of hydrogen-bond acceptors (Lipinski definition) is 2. The van der Waals surface area contributed by atoms with Gasteiger partial charge < -0.3 is 5.32 Å². The lowest BCUT2D eigenvalue weighted by Crippen LogP contribution is -2.52. The van der Waals surface area contributed by atoms with Crippen LogP contribution in [0.5, 0.6) is 0 Å². The lowest BCUT2D eigenvalue weighted by molar-refractivity contribution is 0.126. The fourth-order valence-corrected chi connectivity index (χ4v) is 4.87. The van der Waals surface area contributed by atoms with Gasteiger partial charge in [-0.15, -0.1) is 0 Å². The predicted octanol–water partition coefficient (Wildman–Crippen LogP) is 5.18. The van der Waals surface area contributed by atoms with Crippen LogP contribution in [0.2, 0.25) is 0 Å². The number of nitrogens with zero attached hydrogens (tertiary/aromatic N) is 1. The van der Waals surface area contributed by atoms with E-state index in [2.05, 4.69) is 83.9 Å². The van der Waals surface area contributed by atoms with E-state index in [9.17, 15) is 0 Å². The Hall–Kier alpha value is -1.90. The number of piperazine rings is 1. The van der Waals surface area contributed by atoms with Crippen molar-refractivity contribution in [1.29, 1.82) is 0 Å². The monoisotopic (exact) mass is 360 g/mol. The molecule has 1 aliphatic carbocycles. The van der Waals surface area contributed by atoms with E-state index in [0.717, 1.165) is 32.1 Å². The van der Waals surface area contributed by atoms with Crippen LogP contribution in [0.25, 0.3) is 6.08 Å². The van der Waals surface area contributed by atoms with Gasteiger partial charge in [0.05, 0.1) is 5.54 Å². The van der Waals surface area contributed by atoms with Crippen LogP contribution < -0.4 is 5.32 Å². The largest absolute Gasteiger partial charge is 0.314 e. The Morgan fingerprint density at radius 1 is 0.926 bits per heavy atom. The van der Waals surface area contributed by atoms with E-state index in [1.807, 2.05) is 0 Å². The summed E-state index contributed by atoms with van der Waals surface area (Å²) >= 11 is 0. The maximum atomic E-state index is 3.52. The Labute approximate surface area is 164 Å². The standard InChI is InChI=1S/C25H32N2/c1-25(27-19-17-26-18-20-27,16-15-21-9-3-2-4-10-21)24-14-8-7-13-23(24)22-11-5-6-12-22/h2-4,7-10,13-16,22,26H,5-6,11-12,17-20H2,1H3. The number of benzene rings is 2. The third-order valence-corrected chi connectivity index (χ3v) is 6.47. The Balaban J connectivity index is 1.75. The molecule has 1 unspecified atom stereocenters. The number of nitrogens with one attached hydrogen (secondary N) is 1. The lowest BCUT2D eigenvalue weighted by Gasteiger charge is -2.43. The summed E-state index contributed by atoms with van der Waals surface area (Å²) in [6.07, 6.45) is 10.2. The molecule has 0 bridgehead atoms. The number of rotatable bonds is 5. The van der Waals surface area contributed by atoms with Gasteiger partial charge in [-0.1, -0.05) is 79.6 Å². The van der Waals surface area contributed by atoms with E-state index in [4.69, 9.17) is 0 Å². The van der Waals surface area contributed by atoms with Crippen molar-refractivity contribution in [3.63, 3.8) is 0 Å². The molecule has 2 nitrogen and oxygen atoms in total. The van der Waals surface area contributed by atoms with E-state index in [1.54, 1.807) is 5.56 Å². The third-order valence-electron chi connectivity index (χ3n) is 6.47. The van der Waals surface area contributed by atoms with Crippen LogP contribution in [-0.2, 0) is 5.54 Å². The Morgan fingerprint density at radius 3 is 2.33 bits per heavy atom. The molecular formula is C25H32N2. The van der Waals surface area contributed by atoms with Crippen molar-refractivity contribution in [2.75, 3.05) is 26.2 Å². The summed E-state index contributed by atoms with van der Waals surface area (Å²) in [5.41, 5.74) is 4.29. The maximum absolute atomic E-state index is 3.52. The molecule has 1 N–H and O–H groups in total. The summed E-state index contributed by atoms with van der Waals surface area (Å²) in [4.78, 5) is 2.66. The third kappa shape index (κ3) is 4.02. The normalized spacial score (nSPS) is 21.5. The lowest BCUT2D eigenvalue weighted by atomic mass is 9.80. The predicted molar refractivity (Wildman–Crippen MR) is 115 cm³/mol. The first kappa shape index (κ1) is 18.5. The van der Waals surface area contributed by atoms with Gasteiger partial charge >= 0.3 is 0 Å². The van der Waals surface area contributed by atoms with Crippen LogP contribution in [0.3, 0.4) is 0 Å². The molecule has 27 heavy (non-hydrogen) atoms. The van der Waals surface area contributed by atoms with Gasteiger partial charge in [-0.05, 0) is 42.4 Å². The van der Waals surface area contributed by atoms with Crippen molar-refractivity contribution in [1.82, 2.24) is 10.2 Å². The molecule has 0 aromatic heterocycles. The van der Waals surface area contributed by atoms with Crippen molar-refractivity contribution in [3.05, 3.63) is 77.4 Å². The highest BCUT2D eigenvalue weighted by atomic mass is 15.2. The van der Waals surface area contributed by atoms with Gasteiger partial charge in [0.15, 0.2) is 0 Å². The van der Waals surface area contributed by atoms with Crippen LogP contribution in [0.4, 0.5) is 0 Å². The molecule has 1 aliphatic heterocycles. The highest BCUT2D eigenvalue weighted by molar-refractivity contribution is 5.53. The zero-order chi connectivity index (χ0) is 18.5. The van der Waals surface area contributed by atoms with Gasteiger partial charge in [0.1, 0.15) is 0 Å². The molecule has 0 amide bonds. The van der Waals surface area contributed by atoms with Crippen LogP contribution in [0.1, 0.15) is 55.2 Å². The SMILES string of the molecule is CC(C=Cc1ccccc1)(c1ccccc1C1CCCC1)N1CCNCC1. The molecular weight excluding hydrogens is 328 g/mol. The van der Waals surface area contributed by atoms with Crippen LogP contribution >= 0.6 is 0 Å². The second-order valence-corrected chi connectivity index (χ2v) is 8.20. The van der Waals surface area contributed by atoms with Crippen molar-refractivity contribution >= 4 is 6.08 Å². The van der Waals surface area contributed by atoms with E-state index in [-0.39, 0.29) is 5.54 Å². The second-order valence-electron chi connectivity index (χ2n) is 8.20. The van der Waals surface area contributed by atoms with Gasteiger partial charge in [0.2, 0.25) is 0 Å². The van der Waals surface area contributed by atoms with E-state index < -0.39 is 0 Å². The summed E-state index contributed by atoms with van der Waals surface area (Å²) in [5.74, 6) is 0.730. The zero-order valence-corrected chi connectivity index (χ0v) is 16.5. The first-order chi connectivity index (χ1) is 13.3. The summed E-state index contributed by atoms with van der Waals surface area (Å²) in [7, 11) is 0. The van der Waals surface area contributed by atoms with Gasteiger partial charge in [-0.3, -0.25) is 4.90 Å². The van der Waals surface area contributed by atoms with Crippen LogP contribution in [0, 0.1) is 0 Å². The minimum absolute atomic E-state index is 0.0723. The first-order valence-corrected chi connectivity index (χ1v) is 10.6. The van der Waals surface area contributed by atoms with Gasteiger partial charge in [-0.2, -0.15) is 0 Å². The fraction of sp³-hybridized carbons (Fsp3) is 0.440. The Morgan fingerprint density at radius 2 is 1.59 bits per heavy atom. The molecule has 2 fully saturated rings. The summed E-state index contributed by atoms with van der Waals surface area (Å²) in [6.45, 7) is 6.75. The van der Waals surface area contributed by atoms with E-state index in [0.29, 0.717) is 0 Å². The molecule has 1 heterocycles. The molecule has 2 aromatic carbocycles. The van der Waals surface area contributed by atoms with Crippen LogP contribution in [0.15, 0.2) is 60.7 Å². The molecule has 4 rings (SSSR count). The van der Waals surface area contributed by atoms with Crippen molar-refractivity contribution in [2.45, 2.75) is 44.1 Å². The highest BCUT2D eigenvalue weighted by Crippen LogP contribution is 2.41. The first-order valence-electron chi connectivity index (χ1n) is 10.6. The van der Waals surface area contributed by atoms with Crippen molar-refractivity contribution in [3.8, 4) is 0 Å². The topological polar surface area (TPSA) is 15.3 Å². The molecule has 2 aromatic rings. The fourth-order valence-electron chi connectivity index (χ4n) is 4.87. The molecule has 142 valence electrons. The quantitative estimate of drug-likeness (QED) is 0.790. The van der Waals surface area contributed by atoms with Crippen molar-refractivity contribution in [2.24, 2.45) is 0 Å². The van der Waals surface area contributed by atoms with Gasteiger partial charge in [0, 0.05) is 26.2 Å². The molecule has 1 saturated heterocycles.